The van der Waals surface area contributed by atoms with Gasteiger partial charge >= 0.3 is 0 Å². The summed E-state index contributed by atoms with van der Waals surface area (Å²) < 4.78 is 25.4. The number of halogens is 1. The number of piperazine rings is 1. The second kappa shape index (κ2) is 9.72. The third-order valence-electron chi connectivity index (χ3n) is 5.74. The van der Waals surface area contributed by atoms with E-state index in [1.807, 2.05) is 16.7 Å². The van der Waals surface area contributed by atoms with E-state index in [2.05, 4.69) is 23.8 Å². The van der Waals surface area contributed by atoms with Crippen LogP contribution < -0.4 is 25.8 Å². The van der Waals surface area contributed by atoms with Gasteiger partial charge in [0.2, 0.25) is 11.9 Å². The van der Waals surface area contributed by atoms with E-state index in [0.717, 1.165) is 6.42 Å². The lowest BCUT2D eigenvalue weighted by molar-refractivity contribution is -0.132. The van der Waals surface area contributed by atoms with Crippen molar-refractivity contribution in [1.82, 2.24) is 14.9 Å². The normalized spacial score (nSPS) is 17.7. The standard InChI is InChI=1S/C22H33FN6O3/c1-12(2)8-14(24)9-17(30)28-6-7-29(13(3)11-28)22-26-19-15(21(25)27-22)10-16(31-4)20(32-5)18(19)23/h10,12-14H,6-9,11,24H2,1-5H3,(H2,25,26,27). The van der Waals surface area contributed by atoms with Crippen molar-refractivity contribution in [2.75, 3.05) is 44.5 Å². The molecule has 4 N–H and O–H groups in total. The molecule has 0 spiro atoms. The molecule has 10 heteroatoms. The lowest BCUT2D eigenvalue weighted by atomic mass is 10.0. The summed E-state index contributed by atoms with van der Waals surface area (Å²) in [5, 5.41) is 0.351. The Kier molecular flexibility index (Phi) is 7.22. The molecule has 1 aliphatic heterocycles. The third kappa shape index (κ3) is 4.79. The summed E-state index contributed by atoms with van der Waals surface area (Å²) in [5.41, 5.74) is 12.3. The number of methoxy groups -OCH3 is 2. The molecule has 0 radical (unpaired) electrons. The van der Waals surface area contributed by atoms with E-state index in [0.29, 0.717) is 43.3 Å². The number of ether oxygens (including phenoxy) is 2. The van der Waals surface area contributed by atoms with Gasteiger partial charge in [0, 0.05) is 43.5 Å². The number of nitrogens with zero attached hydrogens (tertiary/aromatic N) is 4. The van der Waals surface area contributed by atoms with Gasteiger partial charge < -0.3 is 30.7 Å². The van der Waals surface area contributed by atoms with Crippen LogP contribution in [0.3, 0.4) is 0 Å². The van der Waals surface area contributed by atoms with E-state index < -0.39 is 5.82 Å². The van der Waals surface area contributed by atoms with Crippen LogP contribution in [0.2, 0.25) is 0 Å². The van der Waals surface area contributed by atoms with Gasteiger partial charge in [-0.3, -0.25) is 4.79 Å². The van der Waals surface area contributed by atoms with Crippen LogP contribution >= 0.6 is 0 Å². The van der Waals surface area contributed by atoms with E-state index in [1.165, 1.54) is 14.2 Å². The zero-order valence-electron chi connectivity index (χ0n) is 19.4. The molecule has 0 bridgehead atoms. The number of hydrogen-bond donors (Lipinski definition) is 2. The zero-order chi connectivity index (χ0) is 23.6. The largest absolute Gasteiger partial charge is 0.493 e. The number of benzene rings is 1. The monoisotopic (exact) mass is 448 g/mol. The zero-order valence-corrected chi connectivity index (χ0v) is 19.4. The van der Waals surface area contributed by atoms with Crippen molar-refractivity contribution in [3.8, 4) is 11.5 Å². The first-order chi connectivity index (χ1) is 15.2. The SMILES string of the molecule is COc1cc2c(N)nc(N3CCN(C(=O)CC(N)CC(C)C)CC3C)nc2c(F)c1OC. The predicted octanol–water partition coefficient (Wildman–Crippen LogP) is 2.17. The molecule has 9 nitrogen and oxygen atoms in total. The highest BCUT2D eigenvalue weighted by atomic mass is 19.1. The van der Waals surface area contributed by atoms with Crippen molar-refractivity contribution >= 4 is 28.6 Å². The Hall–Kier alpha value is -2.88. The summed E-state index contributed by atoms with van der Waals surface area (Å²) in [6, 6.07) is 1.35. The first kappa shape index (κ1) is 23.8. The summed E-state index contributed by atoms with van der Waals surface area (Å²) in [7, 11) is 2.79. The molecule has 176 valence electrons. The molecule has 2 aromatic rings. The number of anilines is 2. The highest BCUT2D eigenvalue weighted by Crippen LogP contribution is 2.37. The summed E-state index contributed by atoms with van der Waals surface area (Å²) in [6.07, 6.45) is 1.14. The van der Waals surface area contributed by atoms with Crippen LogP contribution in [0, 0.1) is 11.7 Å². The summed E-state index contributed by atoms with van der Waals surface area (Å²) >= 11 is 0. The Labute approximate surface area is 187 Å². The molecule has 1 saturated heterocycles. The molecule has 2 unspecified atom stereocenters. The van der Waals surface area contributed by atoms with Crippen LogP contribution in [0.25, 0.3) is 10.9 Å². The second-order valence-electron chi connectivity index (χ2n) is 8.71. The number of nitrogen functional groups attached to an aromatic ring is 1. The number of amides is 1. The molecule has 1 aliphatic rings. The van der Waals surface area contributed by atoms with Gasteiger partial charge in [0.1, 0.15) is 11.3 Å². The van der Waals surface area contributed by atoms with Crippen LogP contribution in [-0.2, 0) is 4.79 Å². The molecule has 1 fully saturated rings. The molecule has 1 aromatic heterocycles. The minimum atomic E-state index is -0.655. The second-order valence-corrected chi connectivity index (χ2v) is 8.71. The number of nitrogens with two attached hydrogens (primary N) is 2. The number of rotatable bonds is 7. The molecule has 0 aliphatic carbocycles. The maximum absolute atomic E-state index is 15.1. The predicted molar refractivity (Wildman–Crippen MR) is 122 cm³/mol. The molecule has 2 heterocycles. The van der Waals surface area contributed by atoms with Crippen molar-refractivity contribution in [1.29, 1.82) is 0 Å². The van der Waals surface area contributed by atoms with Crippen LogP contribution in [0.1, 0.15) is 33.6 Å². The average Bonchev–Trinajstić information content (AvgIpc) is 2.73. The molecule has 3 rings (SSSR count). The molecule has 1 aromatic carbocycles. The Bertz CT molecular complexity index is 986. The van der Waals surface area contributed by atoms with Crippen molar-refractivity contribution in [2.45, 2.75) is 45.7 Å². The Morgan fingerprint density at radius 3 is 2.59 bits per heavy atom. The van der Waals surface area contributed by atoms with E-state index in [9.17, 15) is 4.79 Å². The van der Waals surface area contributed by atoms with Gasteiger partial charge in [-0.2, -0.15) is 4.98 Å². The lowest BCUT2D eigenvalue weighted by Gasteiger charge is -2.40. The average molecular weight is 449 g/mol. The molecule has 1 amide bonds. The number of carbonyl (C=O) groups excluding carboxylic acids is 1. The number of hydrogen-bond acceptors (Lipinski definition) is 8. The lowest BCUT2D eigenvalue weighted by Crippen LogP contribution is -2.54. The van der Waals surface area contributed by atoms with Crippen LogP contribution in [0.15, 0.2) is 6.07 Å². The molecule has 0 saturated carbocycles. The van der Waals surface area contributed by atoms with E-state index >= 15 is 4.39 Å². The number of carbonyl (C=O) groups is 1. The molecule has 2 atom stereocenters. The molecule has 32 heavy (non-hydrogen) atoms. The smallest absolute Gasteiger partial charge is 0.228 e. The number of fused-ring (bicyclic) bond motifs is 1. The van der Waals surface area contributed by atoms with Gasteiger partial charge in [0.15, 0.2) is 17.3 Å². The summed E-state index contributed by atoms with van der Waals surface area (Å²) in [4.78, 5) is 25.3. The summed E-state index contributed by atoms with van der Waals surface area (Å²) in [6.45, 7) is 7.68. The maximum Gasteiger partial charge on any atom is 0.228 e. The first-order valence-electron chi connectivity index (χ1n) is 10.8. The van der Waals surface area contributed by atoms with Crippen LogP contribution in [0.5, 0.6) is 11.5 Å². The van der Waals surface area contributed by atoms with E-state index in [-0.39, 0.29) is 40.8 Å². The minimum Gasteiger partial charge on any atom is -0.493 e. The van der Waals surface area contributed by atoms with Crippen molar-refractivity contribution in [3.05, 3.63) is 11.9 Å². The van der Waals surface area contributed by atoms with Gasteiger partial charge in [-0.25, -0.2) is 9.37 Å². The quantitative estimate of drug-likeness (QED) is 0.661. The van der Waals surface area contributed by atoms with Crippen molar-refractivity contribution < 1.29 is 18.7 Å². The van der Waals surface area contributed by atoms with Gasteiger partial charge in [-0.05, 0) is 25.3 Å². The molecular formula is C22H33FN6O3. The highest BCUT2D eigenvalue weighted by molar-refractivity contribution is 5.92. The Morgan fingerprint density at radius 1 is 1.28 bits per heavy atom. The van der Waals surface area contributed by atoms with Gasteiger partial charge in [0.25, 0.3) is 0 Å². The van der Waals surface area contributed by atoms with Crippen molar-refractivity contribution in [3.63, 3.8) is 0 Å². The summed E-state index contributed by atoms with van der Waals surface area (Å²) in [5.74, 6) is 0.488. The van der Waals surface area contributed by atoms with E-state index in [4.69, 9.17) is 20.9 Å². The fraction of sp³-hybridized carbons (Fsp3) is 0.591. The topological polar surface area (TPSA) is 120 Å². The van der Waals surface area contributed by atoms with Crippen LogP contribution in [-0.4, -0.2) is 66.7 Å². The minimum absolute atomic E-state index is 0.0368. The van der Waals surface area contributed by atoms with E-state index in [1.54, 1.807) is 6.07 Å². The third-order valence-corrected chi connectivity index (χ3v) is 5.74. The van der Waals surface area contributed by atoms with Gasteiger partial charge in [0.05, 0.1) is 14.2 Å². The Balaban J connectivity index is 1.81. The maximum atomic E-state index is 15.1. The van der Waals surface area contributed by atoms with Gasteiger partial charge in [-0.1, -0.05) is 13.8 Å². The van der Waals surface area contributed by atoms with Crippen molar-refractivity contribution in [2.24, 2.45) is 11.7 Å². The highest BCUT2D eigenvalue weighted by Gasteiger charge is 2.30. The van der Waals surface area contributed by atoms with Gasteiger partial charge in [-0.15, -0.1) is 0 Å². The van der Waals surface area contributed by atoms with Crippen LogP contribution in [0.4, 0.5) is 16.2 Å². The number of aromatic nitrogens is 2. The first-order valence-corrected chi connectivity index (χ1v) is 10.8. The molecular weight excluding hydrogens is 415 g/mol. The Morgan fingerprint density at radius 2 is 2.00 bits per heavy atom. The fourth-order valence-electron chi connectivity index (χ4n) is 4.19. The fourth-order valence-corrected chi connectivity index (χ4v) is 4.19.